The third kappa shape index (κ3) is 3.81. The Morgan fingerprint density at radius 2 is 1.62 bits per heavy atom. The van der Waals surface area contributed by atoms with E-state index in [2.05, 4.69) is 14.9 Å². The van der Waals surface area contributed by atoms with Gasteiger partial charge in [-0.05, 0) is 17.7 Å². The van der Waals surface area contributed by atoms with E-state index in [4.69, 9.17) is 11.6 Å². The molecular weight excluding hydrogens is 348 g/mol. The molecule has 1 aromatic heterocycles. The molecule has 0 aliphatic heterocycles. The maximum Gasteiger partial charge on any atom is 0.242 e. The van der Waals surface area contributed by atoms with Gasteiger partial charge in [-0.1, -0.05) is 54.1 Å². The van der Waals surface area contributed by atoms with E-state index < -0.39 is 16.1 Å². The van der Waals surface area contributed by atoms with Gasteiger partial charge in [0.25, 0.3) is 0 Å². The topological polar surface area (TPSA) is 76.9 Å². The lowest BCUT2D eigenvalue weighted by atomic mass is 10.1. The highest BCUT2D eigenvalue weighted by molar-refractivity contribution is 7.89. The summed E-state index contributed by atoms with van der Waals surface area (Å²) >= 11 is 6.03. The number of benzene rings is 2. The van der Waals surface area contributed by atoms with Crippen molar-refractivity contribution in [3.05, 3.63) is 77.6 Å². The fraction of sp³-hybridized carbons (Fsp3) is 0.125. The van der Waals surface area contributed by atoms with Gasteiger partial charge >= 0.3 is 0 Å². The third-order valence-corrected chi connectivity index (χ3v) is 5.41. The molecule has 8 heteroatoms. The van der Waals surface area contributed by atoms with Crippen molar-refractivity contribution in [3.8, 4) is 0 Å². The summed E-state index contributed by atoms with van der Waals surface area (Å²) < 4.78 is 28.1. The van der Waals surface area contributed by atoms with Gasteiger partial charge < -0.3 is 0 Å². The fourth-order valence-corrected chi connectivity index (χ4v) is 4.05. The van der Waals surface area contributed by atoms with Gasteiger partial charge in [0.05, 0.1) is 30.0 Å². The molecule has 0 saturated heterocycles. The Kier molecular flexibility index (Phi) is 4.94. The minimum absolute atomic E-state index is 0.0426. The van der Waals surface area contributed by atoms with Crippen LogP contribution < -0.4 is 4.72 Å². The van der Waals surface area contributed by atoms with Crippen molar-refractivity contribution in [2.45, 2.75) is 17.5 Å². The Bertz CT molecular complexity index is 899. The van der Waals surface area contributed by atoms with Crippen molar-refractivity contribution >= 4 is 21.6 Å². The van der Waals surface area contributed by atoms with Crippen LogP contribution in [-0.4, -0.2) is 23.4 Å². The predicted octanol–water partition coefficient (Wildman–Crippen LogP) is 2.65. The van der Waals surface area contributed by atoms with Crippen molar-refractivity contribution in [1.29, 1.82) is 0 Å². The second kappa shape index (κ2) is 7.12. The molecule has 1 atom stereocenters. The molecule has 124 valence electrons. The molecular formula is C16H15ClN4O2S. The van der Waals surface area contributed by atoms with Crippen molar-refractivity contribution in [2.75, 3.05) is 0 Å². The number of halogens is 1. The molecule has 1 unspecified atom stereocenters. The number of rotatable bonds is 6. The second-order valence-electron chi connectivity index (χ2n) is 5.10. The van der Waals surface area contributed by atoms with E-state index in [1.54, 1.807) is 30.6 Å². The van der Waals surface area contributed by atoms with E-state index in [0.29, 0.717) is 0 Å². The average molecular weight is 363 g/mol. The summed E-state index contributed by atoms with van der Waals surface area (Å²) in [5.74, 6) is 0. The Morgan fingerprint density at radius 1 is 1.00 bits per heavy atom. The summed E-state index contributed by atoms with van der Waals surface area (Å²) in [6, 6.07) is 15.1. The van der Waals surface area contributed by atoms with Crippen LogP contribution in [-0.2, 0) is 16.6 Å². The highest BCUT2D eigenvalue weighted by Crippen LogP contribution is 2.23. The van der Waals surface area contributed by atoms with Gasteiger partial charge in [-0.15, -0.1) is 0 Å². The van der Waals surface area contributed by atoms with Crippen LogP contribution in [0.15, 0.2) is 71.9 Å². The summed E-state index contributed by atoms with van der Waals surface area (Å²) in [6.07, 6.45) is 3.09. The van der Waals surface area contributed by atoms with Crippen molar-refractivity contribution in [3.63, 3.8) is 0 Å². The smallest absolute Gasteiger partial charge is 0.207 e. The van der Waals surface area contributed by atoms with Gasteiger partial charge in [0.15, 0.2) is 0 Å². The number of nitrogens with one attached hydrogen (secondary N) is 1. The zero-order valence-electron chi connectivity index (χ0n) is 12.6. The van der Waals surface area contributed by atoms with Crippen LogP contribution in [0.4, 0.5) is 0 Å². The normalized spacial score (nSPS) is 12.9. The van der Waals surface area contributed by atoms with Gasteiger partial charge in [0.1, 0.15) is 4.90 Å². The van der Waals surface area contributed by atoms with Gasteiger partial charge in [-0.3, -0.25) is 0 Å². The monoisotopic (exact) mass is 362 g/mol. The van der Waals surface area contributed by atoms with E-state index in [9.17, 15) is 8.42 Å². The molecule has 0 aliphatic rings. The standard InChI is InChI=1S/C16H15ClN4O2S/c17-14-8-4-5-9-16(14)24(22,23)20-15(12-21-18-10-11-19-21)13-6-2-1-3-7-13/h1-11,15,20H,12H2. The summed E-state index contributed by atoms with van der Waals surface area (Å²) in [6.45, 7) is 0.265. The zero-order valence-corrected chi connectivity index (χ0v) is 14.2. The molecule has 6 nitrogen and oxygen atoms in total. The van der Waals surface area contributed by atoms with E-state index >= 15 is 0 Å². The van der Waals surface area contributed by atoms with Crippen LogP contribution in [0.3, 0.4) is 0 Å². The second-order valence-corrected chi connectivity index (χ2v) is 7.19. The molecule has 1 N–H and O–H groups in total. The maximum atomic E-state index is 12.7. The lowest BCUT2D eigenvalue weighted by Crippen LogP contribution is -2.32. The Balaban J connectivity index is 1.93. The van der Waals surface area contributed by atoms with Crippen LogP contribution in [0.25, 0.3) is 0 Å². The molecule has 0 spiro atoms. The Morgan fingerprint density at radius 3 is 2.29 bits per heavy atom. The largest absolute Gasteiger partial charge is 0.242 e. The first-order valence-corrected chi connectivity index (χ1v) is 9.08. The number of hydrogen-bond donors (Lipinski definition) is 1. The molecule has 0 radical (unpaired) electrons. The van der Waals surface area contributed by atoms with Gasteiger partial charge in [0, 0.05) is 0 Å². The molecule has 3 rings (SSSR count). The van der Waals surface area contributed by atoms with E-state index in [1.807, 2.05) is 30.3 Å². The van der Waals surface area contributed by atoms with Crippen molar-refractivity contribution in [2.24, 2.45) is 0 Å². The summed E-state index contributed by atoms with van der Waals surface area (Å²) in [5, 5.41) is 8.27. The van der Waals surface area contributed by atoms with Gasteiger partial charge in [-0.2, -0.15) is 15.0 Å². The summed E-state index contributed by atoms with van der Waals surface area (Å²) in [7, 11) is -3.79. The Labute approximate surface area is 145 Å². The summed E-state index contributed by atoms with van der Waals surface area (Å²) in [4.78, 5) is 1.48. The predicted molar refractivity (Wildman–Crippen MR) is 91.0 cm³/mol. The van der Waals surface area contributed by atoms with Gasteiger partial charge in [-0.25, -0.2) is 13.1 Å². The minimum Gasteiger partial charge on any atom is -0.207 e. The van der Waals surface area contributed by atoms with Crippen LogP contribution in [0.5, 0.6) is 0 Å². The third-order valence-electron chi connectivity index (χ3n) is 3.44. The first-order valence-electron chi connectivity index (χ1n) is 7.22. The van der Waals surface area contributed by atoms with Crippen LogP contribution in [0, 0.1) is 0 Å². The number of sulfonamides is 1. The first kappa shape index (κ1) is 16.6. The molecule has 0 fully saturated rings. The van der Waals surface area contributed by atoms with E-state index in [-0.39, 0.29) is 16.5 Å². The lowest BCUT2D eigenvalue weighted by Gasteiger charge is -2.19. The Hall–Kier alpha value is -2.22. The van der Waals surface area contributed by atoms with Crippen LogP contribution in [0.2, 0.25) is 5.02 Å². The maximum absolute atomic E-state index is 12.7. The molecule has 0 saturated carbocycles. The average Bonchev–Trinajstić information content (AvgIpc) is 3.08. The molecule has 0 bridgehead atoms. The molecule has 24 heavy (non-hydrogen) atoms. The van der Waals surface area contributed by atoms with Crippen LogP contribution in [0.1, 0.15) is 11.6 Å². The highest BCUT2D eigenvalue weighted by Gasteiger charge is 2.24. The molecule has 1 heterocycles. The number of hydrogen-bond acceptors (Lipinski definition) is 4. The quantitative estimate of drug-likeness (QED) is 0.731. The first-order chi connectivity index (χ1) is 11.6. The fourth-order valence-electron chi connectivity index (χ4n) is 2.31. The lowest BCUT2D eigenvalue weighted by molar-refractivity contribution is 0.444. The van der Waals surface area contributed by atoms with Crippen LogP contribution >= 0.6 is 11.6 Å². The van der Waals surface area contributed by atoms with Crippen molar-refractivity contribution in [1.82, 2.24) is 19.7 Å². The molecule has 0 aliphatic carbocycles. The molecule has 0 amide bonds. The molecule has 3 aromatic rings. The van der Waals surface area contributed by atoms with Gasteiger partial charge in [0.2, 0.25) is 10.0 Å². The van der Waals surface area contributed by atoms with Crippen molar-refractivity contribution < 1.29 is 8.42 Å². The number of aromatic nitrogens is 3. The van der Waals surface area contributed by atoms with E-state index in [0.717, 1.165) is 5.56 Å². The zero-order chi connectivity index (χ0) is 17.0. The molecule has 2 aromatic carbocycles. The minimum atomic E-state index is -3.79. The summed E-state index contributed by atoms with van der Waals surface area (Å²) in [5.41, 5.74) is 0.811. The van der Waals surface area contributed by atoms with E-state index in [1.165, 1.54) is 10.9 Å². The SMILES string of the molecule is O=S(=O)(NC(Cn1nccn1)c1ccccc1)c1ccccc1Cl. The highest BCUT2D eigenvalue weighted by atomic mass is 35.5. The number of nitrogens with zero attached hydrogens (tertiary/aromatic N) is 3.